The summed E-state index contributed by atoms with van der Waals surface area (Å²) in [5.41, 5.74) is 8.15. The SMILES string of the molecule is COc1ccc(CC(=O)Cc2cnccc2N)cc1. The van der Waals surface area contributed by atoms with Crippen molar-refractivity contribution in [1.82, 2.24) is 4.98 Å². The molecule has 0 aliphatic rings. The van der Waals surface area contributed by atoms with Gasteiger partial charge in [-0.05, 0) is 23.8 Å². The maximum atomic E-state index is 12.0. The first-order valence-electron chi connectivity index (χ1n) is 6.02. The standard InChI is InChI=1S/C15H16N2O2/c1-19-14-4-2-11(3-5-14)8-13(18)9-12-10-17-7-6-15(12)16/h2-7,10H,8-9H2,1H3,(H2,16,17). The molecule has 0 bridgehead atoms. The molecule has 0 aliphatic carbocycles. The van der Waals surface area contributed by atoms with Crippen LogP contribution in [0, 0.1) is 0 Å². The second-order valence-corrected chi connectivity index (χ2v) is 4.31. The van der Waals surface area contributed by atoms with E-state index < -0.39 is 0 Å². The summed E-state index contributed by atoms with van der Waals surface area (Å²) in [6.45, 7) is 0. The number of ketones is 1. The van der Waals surface area contributed by atoms with Crippen LogP contribution >= 0.6 is 0 Å². The molecule has 0 saturated carbocycles. The minimum Gasteiger partial charge on any atom is -0.497 e. The summed E-state index contributed by atoms with van der Waals surface area (Å²) in [6, 6.07) is 9.19. The summed E-state index contributed by atoms with van der Waals surface area (Å²) in [6.07, 6.45) is 3.96. The van der Waals surface area contributed by atoms with Crippen molar-refractivity contribution in [2.75, 3.05) is 12.8 Å². The molecule has 4 heteroatoms. The maximum Gasteiger partial charge on any atom is 0.141 e. The van der Waals surface area contributed by atoms with Crippen LogP contribution in [-0.4, -0.2) is 17.9 Å². The van der Waals surface area contributed by atoms with Crippen LogP contribution in [0.4, 0.5) is 5.69 Å². The third-order valence-corrected chi connectivity index (χ3v) is 2.89. The van der Waals surface area contributed by atoms with Gasteiger partial charge in [0.25, 0.3) is 0 Å². The number of Topliss-reactive ketones (excluding diaryl/α,β-unsaturated/α-hetero) is 1. The van der Waals surface area contributed by atoms with Crippen molar-refractivity contribution in [2.45, 2.75) is 12.8 Å². The summed E-state index contributed by atoms with van der Waals surface area (Å²) < 4.78 is 5.08. The first-order valence-corrected chi connectivity index (χ1v) is 6.02. The molecule has 1 aromatic carbocycles. The van der Waals surface area contributed by atoms with E-state index in [4.69, 9.17) is 10.5 Å². The van der Waals surface area contributed by atoms with Crippen LogP contribution in [0.1, 0.15) is 11.1 Å². The van der Waals surface area contributed by atoms with Crippen molar-refractivity contribution in [2.24, 2.45) is 0 Å². The molecule has 19 heavy (non-hydrogen) atoms. The first-order chi connectivity index (χ1) is 9.19. The zero-order valence-corrected chi connectivity index (χ0v) is 10.8. The average Bonchev–Trinajstić information content (AvgIpc) is 2.42. The van der Waals surface area contributed by atoms with Gasteiger partial charge in [-0.15, -0.1) is 0 Å². The molecular formula is C15H16N2O2. The van der Waals surface area contributed by atoms with E-state index in [1.807, 2.05) is 24.3 Å². The normalized spacial score (nSPS) is 10.2. The number of nitrogens with two attached hydrogens (primary N) is 1. The van der Waals surface area contributed by atoms with E-state index in [2.05, 4.69) is 4.98 Å². The third kappa shape index (κ3) is 3.55. The van der Waals surface area contributed by atoms with Crippen molar-refractivity contribution in [3.8, 4) is 5.75 Å². The second-order valence-electron chi connectivity index (χ2n) is 4.31. The summed E-state index contributed by atoms with van der Waals surface area (Å²) in [5.74, 6) is 0.901. The predicted octanol–water partition coefficient (Wildman–Crippen LogP) is 2.03. The Morgan fingerprint density at radius 2 is 1.95 bits per heavy atom. The highest BCUT2D eigenvalue weighted by Crippen LogP contribution is 2.14. The molecule has 1 aromatic heterocycles. The van der Waals surface area contributed by atoms with Crippen LogP contribution in [0.25, 0.3) is 0 Å². The lowest BCUT2D eigenvalue weighted by molar-refractivity contribution is -0.117. The lowest BCUT2D eigenvalue weighted by Gasteiger charge is -2.05. The van der Waals surface area contributed by atoms with E-state index in [-0.39, 0.29) is 5.78 Å². The molecule has 0 aliphatic heterocycles. The number of methoxy groups -OCH3 is 1. The number of rotatable bonds is 5. The van der Waals surface area contributed by atoms with Gasteiger partial charge in [0.1, 0.15) is 11.5 Å². The highest BCUT2D eigenvalue weighted by Gasteiger charge is 2.08. The highest BCUT2D eigenvalue weighted by atomic mass is 16.5. The lowest BCUT2D eigenvalue weighted by Crippen LogP contribution is -2.08. The number of ether oxygens (including phenoxy) is 1. The lowest BCUT2D eigenvalue weighted by atomic mass is 10.0. The van der Waals surface area contributed by atoms with Crippen molar-refractivity contribution in [3.05, 3.63) is 53.9 Å². The van der Waals surface area contributed by atoms with Gasteiger partial charge in [0.2, 0.25) is 0 Å². The Morgan fingerprint density at radius 1 is 1.21 bits per heavy atom. The number of pyridine rings is 1. The Balaban J connectivity index is 1.99. The molecule has 4 nitrogen and oxygen atoms in total. The van der Waals surface area contributed by atoms with Gasteiger partial charge in [-0.3, -0.25) is 9.78 Å². The van der Waals surface area contributed by atoms with E-state index >= 15 is 0 Å². The Hall–Kier alpha value is -2.36. The first kappa shape index (κ1) is 13.1. The highest BCUT2D eigenvalue weighted by molar-refractivity contribution is 5.84. The average molecular weight is 256 g/mol. The minimum atomic E-state index is 0.116. The van der Waals surface area contributed by atoms with E-state index in [1.54, 1.807) is 25.6 Å². The number of anilines is 1. The number of hydrogen-bond acceptors (Lipinski definition) is 4. The van der Waals surface area contributed by atoms with Gasteiger partial charge in [0.15, 0.2) is 0 Å². The molecule has 0 unspecified atom stereocenters. The molecule has 0 fully saturated rings. The van der Waals surface area contributed by atoms with Crippen LogP contribution in [-0.2, 0) is 17.6 Å². The zero-order valence-electron chi connectivity index (χ0n) is 10.8. The summed E-state index contributed by atoms with van der Waals surface area (Å²) >= 11 is 0. The molecule has 0 radical (unpaired) electrons. The van der Waals surface area contributed by atoms with Crippen molar-refractivity contribution < 1.29 is 9.53 Å². The number of nitrogen functional groups attached to an aromatic ring is 1. The monoisotopic (exact) mass is 256 g/mol. The van der Waals surface area contributed by atoms with Crippen LogP contribution < -0.4 is 10.5 Å². The molecule has 0 spiro atoms. The zero-order chi connectivity index (χ0) is 13.7. The molecule has 2 N–H and O–H groups in total. The molecule has 1 heterocycles. The molecule has 2 aromatic rings. The van der Waals surface area contributed by atoms with Gasteiger partial charge in [-0.1, -0.05) is 12.1 Å². The van der Waals surface area contributed by atoms with Gasteiger partial charge in [0, 0.05) is 36.5 Å². The summed E-state index contributed by atoms with van der Waals surface area (Å²) in [7, 11) is 1.62. The number of carbonyl (C=O) groups is 1. The number of aromatic nitrogens is 1. The minimum absolute atomic E-state index is 0.116. The van der Waals surface area contributed by atoms with Gasteiger partial charge < -0.3 is 10.5 Å². The Morgan fingerprint density at radius 3 is 2.58 bits per heavy atom. The maximum absolute atomic E-state index is 12.0. The quantitative estimate of drug-likeness (QED) is 0.889. The smallest absolute Gasteiger partial charge is 0.141 e. The Kier molecular flexibility index (Phi) is 4.13. The topological polar surface area (TPSA) is 65.2 Å². The van der Waals surface area contributed by atoms with Crippen LogP contribution in [0.5, 0.6) is 5.75 Å². The predicted molar refractivity (Wildman–Crippen MR) is 74.1 cm³/mol. The van der Waals surface area contributed by atoms with Gasteiger partial charge >= 0.3 is 0 Å². The number of benzene rings is 1. The van der Waals surface area contributed by atoms with E-state index in [0.717, 1.165) is 16.9 Å². The fourth-order valence-electron chi connectivity index (χ4n) is 1.83. The molecule has 0 atom stereocenters. The summed E-state index contributed by atoms with van der Waals surface area (Å²) in [4.78, 5) is 16.0. The van der Waals surface area contributed by atoms with Crippen molar-refractivity contribution >= 4 is 11.5 Å². The van der Waals surface area contributed by atoms with Gasteiger partial charge in [-0.25, -0.2) is 0 Å². The fourth-order valence-corrected chi connectivity index (χ4v) is 1.83. The van der Waals surface area contributed by atoms with Crippen LogP contribution in [0.15, 0.2) is 42.7 Å². The van der Waals surface area contributed by atoms with Crippen LogP contribution in [0.3, 0.4) is 0 Å². The van der Waals surface area contributed by atoms with E-state index in [0.29, 0.717) is 18.5 Å². The Labute approximate surface area is 112 Å². The molecule has 0 saturated heterocycles. The molecule has 2 rings (SSSR count). The molecular weight excluding hydrogens is 240 g/mol. The number of nitrogens with zero attached hydrogens (tertiary/aromatic N) is 1. The molecule has 98 valence electrons. The number of hydrogen-bond donors (Lipinski definition) is 1. The van der Waals surface area contributed by atoms with Gasteiger partial charge in [-0.2, -0.15) is 0 Å². The Bertz CT molecular complexity index is 565. The van der Waals surface area contributed by atoms with Gasteiger partial charge in [0.05, 0.1) is 7.11 Å². The largest absolute Gasteiger partial charge is 0.497 e. The van der Waals surface area contributed by atoms with E-state index in [1.165, 1.54) is 0 Å². The molecule has 0 amide bonds. The second kappa shape index (κ2) is 6.00. The van der Waals surface area contributed by atoms with Crippen molar-refractivity contribution in [3.63, 3.8) is 0 Å². The summed E-state index contributed by atoms with van der Waals surface area (Å²) in [5, 5.41) is 0. The fraction of sp³-hybridized carbons (Fsp3) is 0.200. The third-order valence-electron chi connectivity index (χ3n) is 2.89. The van der Waals surface area contributed by atoms with Crippen molar-refractivity contribution in [1.29, 1.82) is 0 Å². The van der Waals surface area contributed by atoms with E-state index in [9.17, 15) is 4.79 Å². The number of carbonyl (C=O) groups excluding carboxylic acids is 1. The van der Waals surface area contributed by atoms with Crippen LogP contribution in [0.2, 0.25) is 0 Å².